The summed E-state index contributed by atoms with van der Waals surface area (Å²) in [6.45, 7) is 6.06. The van der Waals surface area contributed by atoms with Gasteiger partial charge in [0.25, 0.3) is 5.91 Å². The van der Waals surface area contributed by atoms with Gasteiger partial charge in [-0.1, -0.05) is 0 Å². The van der Waals surface area contributed by atoms with Crippen LogP contribution in [-0.2, 0) is 6.18 Å². The van der Waals surface area contributed by atoms with Gasteiger partial charge in [0, 0.05) is 30.7 Å². The summed E-state index contributed by atoms with van der Waals surface area (Å²) in [7, 11) is 0. The molecule has 1 atom stereocenters. The molecule has 2 aromatic rings. The molecule has 1 saturated heterocycles. The Kier molecular flexibility index (Phi) is 4.85. The van der Waals surface area contributed by atoms with Gasteiger partial charge in [-0.25, -0.2) is 4.98 Å². The first-order chi connectivity index (χ1) is 13.2. The van der Waals surface area contributed by atoms with Crippen molar-refractivity contribution in [1.29, 1.82) is 0 Å². The number of alkyl halides is 3. The average Bonchev–Trinajstić information content (AvgIpc) is 3.23. The van der Waals surface area contributed by atoms with Crippen molar-refractivity contribution in [2.45, 2.75) is 51.4 Å². The fraction of sp³-hybridized carbons (Fsp3) is 0.600. The summed E-state index contributed by atoms with van der Waals surface area (Å²) in [6.07, 6.45) is -0.908. The van der Waals surface area contributed by atoms with E-state index in [9.17, 15) is 18.0 Å². The molecule has 1 amide bonds. The van der Waals surface area contributed by atoms with Crippen LogP contribution in [0.3, 0.4) is 0 Å². The van der Waals surface area contributed by atoms with Crippen molar-refractivity contribution < 1.29 is 18.0 Å². The number of carbonyl (C=O) groups is 1. The highest BCUT2D eigenvalue weighted by Crippen LogP contribution is 2.34. The van der Waals surface area contributed by atoms with Gasteiger partial charge in [-0.3, -0.25) is 4.79 Å². The van der Waals surface area contributed by atoms with E-state index in [1.807, 2.05) is 0 Å². The quantitative estimate of drug-likeness (QED) is 0.838. The summed E-state index contributed by atoms with van der Waals surface area (Å²) in [5.41, 5.74) is 0.913. The molecule has 1 unspecified atom stereocenters. The Hall–Kier alpha value is -2.09. The molecule has 1 saturated carbocycles. The topological polar surface area (TPSA) is 50.2 Å². The first kappa shape index (κ1) is 19.2. The predicted molar refractivity (Wildman–Crippen MR) is 100 cm³/mol. The number of hydrogen-bond donors (Lipinski definition) is 1. The van der Waals surface area contributed by atoms with Crippen LogP contribution in [0.5, 0.6) is 0 Å². The monoisotopic (exact) mass is 394 g/mol. The van der Waals surface area contributed by atoms with Crippen LogP contribution in [0, 0.1) is 5.92 Å². The number of imidazole rings is 1. The normalized spacial score (nSPS) is 21.0. The molecule has 5 nitrogen and oxygen atoms in total. The molecule has 2 fully saturated rings. The van der Waals surface area contributed by atoms with Crippen LogP contribution in [0.15, 0.2) is 18.2 Å². The molecule has 152 valence electrons. The van der Waals surface area contributed by atoms with Crippen LogP contribution in [0.2, 0.25) is 0 Å². The highest BCUT2D eigenvalue weighted by molar-refractivity contribution is 5.97. The molecule has 8 heteroatoms. The van der Waals surface area contributed by atoms with E-state index >= 15 is 0 Å². The second-order valence-electron chi connectivity index (χ2n) is 8.19. The third-order valence-corrected chi connectivity index (χ3v) is 5.65. The summed E-state index contributed by atoms with van der Waals surface area (Å²) in [6, 6.07) is 4.92. The molecule has 0 spiro atoms. The minimum Gasteiger partial charge on any atom is -0.352 e. The van der Waals surface area contributed by atoms with E-state index in [0.717, 1.165) is 25.6 Å². The number of halogens is 3. The molecule has 0 radical (unpaired) electrons. The fourth-order valence-electron chi connectivity index (χ4n) is 4.10. The summed E-state index contributed by atoms with van der Waals surface area (Å²) >= 11 is 0. The zero-order valence-corrected chi connectivity index (χ0v) is 16.1. The first-order valence-corrected chi connectivity index (χ1v) is 9.85. The second kappa shape index (κ2) is 7.06. The van der Waals surface area contributed by atoms with E-state index in [0.29, 0.717) is 23.5 Å². The van der Waals surface area contributed by atoms with Crippen molar-refractivity contribution in [3.8, 4) is 0 Å². The highest BCUT2D eigenvalue weighted by Gasteiger charge is 2.38. The largest absolute Gasteiger partial charge is 0.449 e. The molecule has 2 aliphatic rings. The standard InChI is InChI=1S/C20H25F3N4O/c1-12(2)27-17-6-3-14(9-16(17)25-19(27)20(21,22)23)18(28)24-10-13-7-8-26(11-13)15-4-5-15/h3,6,9,12-13,15H,4-5,7-8,10-11H2,1-2H3,(H,24,28). The summed E-state index contributed by atoms with van der Waals surface area (Å²) in [5.74, 6) is -0.758. The molecule has 1 N–H and O–H groups in total. The molecule has 28 heavy (non-hydrogen) atoms. The Labute approximate surface area is 161 Å². The van der Waals surface area contributed by atoms with Crippen molar-refractivity contribution in [2.75, 3.05) is 19.6 Å². The molecule has 1 aliphatic carbocycles. The van der Waals surface area contributed by atoms with Crippen molar-refractivity contribution in [3.05, 3.63) is 29.6 Å². The lowest BCUT2D eigenvalue weighted by Crippen LogP contribution is -2.31. The lowest BCUT2D eigenvalue weighted by molar-refractivity contribution is -0.147. The third-order valence-electron chi connectivity index (χ3n) is 5.65. The third kappa shape index (κ3) is 3.74. The number of fused-ring (bicyclic) bond motifs is 1. The number of hydrogen-bond acceptors (Lipinski definition) is 3. The number of likely N-dealkylation sites (tertiary alicyclic amines) is 1. The van der Waals surface area contributed by atoms with Gasteiger partial charge in [-0.05, 0) is 63.8 Å². The first-order valence-electron chi connectivity index (χ1n) is 9.85. The molecular formula is C20H25F3N4O. The number of nitrogens with one attached hydrogen (secondary N) is 1. The SMILES string of the molecule is CC(C)n1c(C(F)(F)F)nc2cc(C(=O)NCC3CCN(C4CC4)C3)ccc21. The molecule has 1 aromatic heterocycles. The molecule has 0 bridgehead atoms. The zero-order valence-electron chi connectivity index (χ0n) is 16.1. The molecule has 1 aromatic carbocycles. The van der Waals surface area contributed by atoms with Crippen LogP contribution in [0.25, 0.3) is 11.0 Å². The summed E-state index contributed by atoms with van der Waals surface area (Å²) in [4.78, 5) is 18.8. The van der Waals surface area contributed by atoms with E-state index in [2.05, 4.69) is 15.2 Å². The Morgan fingerprint density at radius 2 is 2.04 bits per heavy atom. The number of nitrogens with zero attached hydrogens (tertiary/aromatic N) is 3. The number of rotatable bonds is 5. The average molecular weight is 394 g/mol. The van der Waals surface area contributed by atoms with Crippen LogP contribution in [0.4, 0.5) is 13.2 Å². The van der Waals surface area contributed by atoms with Crippen LogP contribution < -0.4 is 5.32 Å². The summed E-state index contributed by atoms with van der Waals surface area (Å²) < 4.78 is 41.1. The molecule has 2 heterocycles. The van der Waals surface area contributed by atoms with Crippen LogP contribution in [-0.4, -0.2) is 46.0 Å². The van der Waals surface area contributed by atoms with Gasteiger partial charge in [0.1, 0.15) is 0 Å². The van der Waals surface area contributed by atoms with Crippen molar-refractivity contribution >= 4 is 16.9 Å². The minimum atomic E-state index is -4.54. The number of carbonyl (C=O) groups excluding carboxylic acids is 1. The van der Waals surface area contributed by atoms with Gasteiger partial charge in [0.15, 0.2) is 0 Å². The van der Waals surface area contributed by atoms with Crippen LogP contribution in [0.1, 0.15) is 55.3 Å². The van der Waals surface area contributed by atoms with Crippen molar-refractivity contribution in [2.24, 2.45) is 5.92 Å². The smallest absolute Gasteiger partial charge is 0.352 e. The summed E-state index contributed by atoms with van der Waals surface area (Å²) in [5, 5.41) is 2.94. The van der Waals surface area contributed by atoms with Crippen molar-refractivity contribution in [1.82, 2.24) is 19.8 Å². The Balaban J connectivity index is 1.48. The lowest BCUT2D eigenvalue weighted by atomic mass is 10.1. The van der Waals surface area contributed by atoms with E-state index in [1.54, 1.807) is 26.0 Å². The van der Waals surface area contributed by atoms with Crippen LogP contribution >= 0.6 is 0 Å². The van der Waals surface area contributed by atoms with Gasteiger partial charge in [-0.2, -0.15) is 13.2 Å². The van der Waals surface area contributed by atoms with Gasteiger partial charge >= 0.3 is 6.18 Å². The minimum absolute atomic E-state index is 0.189. The number of benzene rings is 1. The van der Waals surface area contributed by atoms with E-state index in [4.69, 9.17) is 0 Å². The number of aromatic nitrogens is 2. The van der Waals surface area contributed by atoms with Gasteiger partial charge in [-0.15, -0.1) is 0 Å². The van der Waals surface area contributed by atoms with Gasteiger partial charge in [0.05, 0.1) is 11.0 Å². The fourth-order valence-corrected chi connectivity index (χ4v) is 4.10. The lowest BCUT2D eigenvalue weighted by Gasteiger charge is -2.15. The van der Waals surface area contributed by atoms with E-state index < -0.39 is 18.0 Å². The van der Waals surface area contributed by atoms with E-state index in [-0.39, 0.29) is 11.4 Å². The molecule has 4 rings (SSSR count). The highest BCUT2D eigenvalue weighted by atomic mass is 19.4. The Morgan fingerprint density at radius 1 is 1.29 bits per heavy atom. The van der Waals surface area contributed by atoms with Crippen molar-refractivity contribution in [3.63, 3.8) is 0 Å². The predicted octanol–water partition coefficient (Wildman–Crippen LogP) is 3.85. The second-order valence-corrected chi connectivity index (χ2v) is 8.19. The van der Waals surface area contributed by atoms with Gasteiger partial charge in [0.2, 0.25) is 5.82 Å². The maximum Gasteiger partial charge on any atom is 0.449 e. The number of amides is 1. The molecule has 1 aliphatic heterocycles. The Morgan fingerprint density at radius 3 is 2.68 bits per heavy atom. The maximum atomic E-state index is 13.3. The molecular weight excluding hydrogens is 369 g/mol. The van der Waals surface area contributed by atoms with Gasteiger partial charge < -0.3 is 14.8 Å². The van der Waals surface area contributed by atoms with E-state index in [1.165, 1.54) is 23.5 Å². The maximum absolute atomic E-state index is 13.3. The Bertz CT molecular complexity index is 885. The zero-order chi connectivity index (χ0) is 20.1.